The molecule has 0 saturated carbocycles. The van der Waals surface area contributed by atoms with Crippen molar-refractivity contribution in [3.05, 3.63) is 87.2 Å². The summed E-state index contributed by atoms with van der Waals surface area (Å²) in [5.74, 6) is -3.47. The number of imide groups is 1. The lowest BCUT2D eigenvalue weighted by atomic mass is 10.1. The standard InChI is InChI=1S/C21H11F2N5O4/c1-10-17-18-14(9-24-19(17)27(25-10)12-5-6-15(22)16(23)8-12)20(29)26(21(18)30)11-3-2-4-13(7-11)28(31)32/h2-9H,1H3. The topological polar surface area (TPSA) is 111 Å². The Balaban J connectivity index is 1.69. The second-order valence-electron chi connectivity index (χ2n) is 7.06. The van der Waals surface area contributed by atoms with Crippen LogP contribution in [0.4, 0.5) is 20.2 Å². The van der Waals surface area contributed by atoms with E-state index >= 15 is 0 Å². The van der Waals surface area contributed by atoms with Gasteiger partial charge in [-0.1, -0.05) is 6.07 Å². The number of hydrogen-bond acceptors (Lipinski definition) is 6. The van der Waals surface area contributed by atoms with Gasteiger partial charge in [0.1, 0.15) is 0 Å². The quantitative estimate of drug-likeness (QED) is 0.276. The molecule has 4 aromatic rings. The predicted molar refractivity (Wildman–Crippen MR) is 108 cm³/mol. The number of amides is 2. The predicted octanol–water partition coefficient (Wildman–Crippen LogP) is 3.72. The van der Waals surface area contributed by atoms with E-state index in [1.54, 1.807) is 6.92 Å². The van der Waals surface area contributed by atoms with E-state index < -0.39 is 28.4 Å². The molecule has 5 rings (SSSR count). The largest absolute Gasteiger partial charge is 0.271 e. The van der Waals surface area contributed by atoms with Crippen molar-refractivity contribution in [1.82, 2.24) is 14.8 Å². The van der Waals surface area contributed by atoms with Gasteiger partial charge in [0.25, 0.3) is 17.5 Å². The second-order valence-corrected chi connectivity index (χ2v) is 7.06. The van der Waals surface area contributed by atoms with Gasteiger partial charge in [-0.15, -0.1) is 0 Å². The summed E-state index contributed by atoms with van der Waals surface area (Å²) in [5.41, 5.74) is 0.529. The maximum Gasteiger partial charge on any atom is 0.271 e. The number of rotatable bonds is 3. The Hall–Kier alpha value is -4.54. The maximum atomic E-state index is 13.7. The van der Waals surface area contributed by atoms with Gasteiger partial charge >= 0.3 is 0 Å². The first-order chi connectivity index (χ1) is 15.3. The monoisotopic (exact) mass is 435 g/mol. The molecule has 2 aromatic heterocycles. The van der Waals surface area contributed by atoms with Crippen LogP contribution in [0.15, 0.2) is 48.7 Å². The molecular formula is C21H11F2N5O4. The van der Waals surface area contributed by atoms with E-state index in [1.807, 2.05) is 0 Å². The Morgan fingerprint density at radius 2 is 1.78 bits per heavy atom. The fourth-order valence-electron chi connectivity index (χ4n) is 3.74. The molecule has 9 nitrogen and oxygen atoms in total. The van der Waals surface area contributed by atoms with Crippen molar-refractivity contribution < 1.29 is 23.3 Å². The molecule has 32 heavy (non-hydrogen) atoms. The highest BCUT2D eigenvalue weighted by atomic mass is 19.2. The van der Waals surface area contributed by atoms with E-state index in [-0.39, 0.29) is 39.2 Å². The molecule has 2 amide bonds. The van der Waals surface area contributed by atoms with Crippen molar-refractivity contribution in [1.29, 1.82) is 0 Å². The first kappa shape index (κ1) is 19.4. The first-order valence-corrected chi connectivity index (χ1v) is 9.25. The number of halogens is 2. The number of non-ortho nitro benzene ring substituents is 1. The van der Waals surface area contributed by atoms with Crippen molar-refractivity contribution in [2.75, 3.05) is 4.90 Å². The summed E-state index contributed by atoms with van der Waals surface area (Å²) in [7, 11) is 0. The Morgan fingerprint density at radius 3 is 2.50 bits per heavy atom. The number of hydrogen-bond donors (Lipinski definition) is 0. The highest BCUT2D eigenvalue weighted by Crippen LogP contribution is 2.35. The van der Waals surface area contributed by atoms with Gasteiger partial charge < -0.3 is 0 Å². The summed E-state index contributed by atoms with van der Waals surface area (Å²) in [5, 5.41) is 15.7. The number of aryl methyl sites for hydroxylation is 1. The first-order valence-electron chi connectivity index (χ1n) is 9.25. The number of nitrogens with zero attached hydrogens (tertiary/aromatic N) is 5. The van der Waals surface area contributed by atoms with E-state index in [9.17, 15) is 28.5 Å². The van der Waals surface area contributed by atoms with Crippen LogP contribution in [0, 0.1) is 28.7 Å². The van der Waals surface area contributed by atoms with Crippen LogP contribution in [0.25, 0.3) is 16.7 Å². The number of anilines is 1. The minimum absolute atomic E-state index is 0.0157. The molecule has 0 fully saturated rings. The number of benzene rings is 2. The minimum Gasteiger partial charge on any atom is -0.268 e. The van der Waals surface area contributed by atoms with Gasteiger partial charge in [-0.2, -0.15) is 5.10 Å². The summed E-state index contributed by atoms with van der Waals surface area (Å²) >= 11 is 0. The number of carbonyl (C=O) groups excluding carboxylic acids is 2. The number of fused-ring (bicyclic) bond motifs is 3. The molecule has 1 aliphatic heterocycles. The average Bonchev–Trinajstić information content (AvgIpc) is 3.24. The number of pyridine rings is 1. The molecule has 3 heterocycles. The third-order valence-electron chi connectivity index (χ3n) is 5.17. The zero-order valence-electron chi connectivity index (χ0n) is 16.2. The SMILES string of the molecule is Cc1nn(-c2ccc(F)c(F)c2)c2ncc3c(c12)C(=O)N(c1cccc([N+](=O)[O-])c1)C3=O. The van der Waals surface area contributed by atoms with Crippen LogP contribution in [0.3, 0.4) is 0 Å². The average molecular weight is 435 g/mol. The lowest BCUT2D eigenvalue weighted by Gasteiger charge is -2.13. The van der Waals surface area contributed by atoms with Crippen molar-refractivity contribution in [2.24, 2.45) is 0 Å². The van der Waals surface area contributed by atoms with Gasteiger partial charge in [-0.05, 0) is 25.1 Å². The number of aromatic nitrogens is 3. The van der Waals surface area contributed by atoms with Crippen molar-refractivity contribution in [3.8, 4) is 5.69 Å². The zero-order valence-corrected chi connectivity index (χ0v) is 16.2. The molecule has 0 radical (unpaired) electrons. The Bertz CT molecular complexity index is 1500. The van der Waals surface area contributed by atoms with Crippen molar-refractivity contribution in [2.45, 2.75) is 6.92 Å². The molecule has 0 spiro atoms. The van der Waals surface area contributed by atoms with Crippen LogP contribution in [-0.4, -0.2) is 31.5 Å². The molecule has 0 N–H and O–H groups in total. The molecule has 158 valence electrons. The Morgan fingerprint density at radius 1 is 1.00 bits per heavy atom. The summed E-state index contributed by atoms with van der Waals surface area (Å²) in [6.45, 7) is 1.59. The third kappa shape index (κ3) is 2.68. The molecule has 0 aliphatic carbocycles. The number of nitro groups is 1. The van der Waals surface area contributed by atoms with Crippen LogP contribution in [0.5, 0.6) is 0 Å². The van der Waals surface area contributed by atoms with Gasteiger partial charge in [0, 0.05) is 24.4 Å². The van der Waals surface area contributed by atoms with E-state index in [2.05, 4.69) is 10.1 Å². The molecule has 0 unspecified atom stereocenters. The molecule has 0 bridgehead atoms. The van der Waals surface area contributed by atoms with Crippen molar-refractivity contribution >= 4 is 34.2 Å². The number of carbonyl (C=O) groups is 2. The lowest BCUT2D eigenvalue weighted by molar-refractivity contribution is -0.384. The normalized spacial score (nSPS) is 13.2. The fourth-order valence-corrected chi connectivity index (χ4v) is 3.74. The van der Waals surface area contributed by atoms with Gasteiger partial charge in [-0.25, -0.2) is 23.3 Å². The summed E-state index contributed by atoms with van der Waals surface area (Å²) in [4.78, 5) is 41.8. The smallest absolute Gasteiger partial charge is 0.268 e. The molecular weight excluding hydrogens is 424 g/mol. The maximum absolute atomic E-state index is 13.7. The Kier molecular flexibility index (Phi) is 4.09. The van der Waals surface area contributed by atoms with Gasteiger partial charge in [0.2, 0.25) is 0 Å². The van der Waals surface area contributed by atoms with E-state index in [1.165, 1.54) is 35.1 Å². The van der Waals surface area contributed by atoms with Gasteiger partial charge in [0.15, 0.2) is 17.3 Å². The number of nitro benzene ring substituents is 1. The van der Waals surface area contributed by atoms with E-state index in [0.717, 1.165) is 23.1 Å². The molecule has 2 aromatic carbocycles. The van der Waals surface area contributed by atoms with Gasteiger partial charge in [0.05, 0.1) is 38.5 Å². The second kappa shape index (κ2) is 6.74. The highest BCUT2D eigenvalue weighted by molar-refractivity contribution is 6.37. The third-order valence-corrected chi connectivity index (χ3v) is 5.17. The van der Waals surface area contributed by atoms with Crippen LogP contribution >= 0.6 is 0 Å². The van der Waals surface area contributed by atoms with E-state index in [4.69, 9.17) is 0 Å². The Labute approximate surface area is 177 Å². The molecule has 11 heteroatoms. The summed E-state index contributed by atoms with van der Waals surface area (Å²) in [6.07, 6.45) is 1.20. The van der Waals surface area contributed by atoms with E-state index in [0.29, 0.717) is 5.69 Å². The van der Waals surface area contributed by atoms with Crippen molar-refractivity contribution in [3.63, 3.8) is 0 Å². The van der Waals surface area contributed by atoms with Crippen LogP contribution < -0.4 is 4.90 Å². The van der Waals surface area contributed by atoms with Crippen LogP contribution in [0.1, 0.15) is 26.4 Å². The fraction of sp³-hybridized carbons (Fsp3) is 0.0476. The molecule has 0 saturated heterocycles. The molecule has 1 aliphatic rings. The molecule has 0 atom stereocenters. The van der Waals surface area contributed by atoms with Gasteiger partial charge in [-0.3, -0.25) is 19.7 Å². The highest BCUT2D eigenvalue weighted by Gasteiger charge is 2.40. The zero-order chi connectivity index (χ0) is 22.7. The van der Waals surface area contributed by atoms with Crippen LogP contribution in [-0.2, 0) is 0 Å². The van der Waals surface area contributed by atoms with Crippen LogP contribution in [0.2, 0.25) is 0 Å². The lowest BCUT2D eigenvalue weighted by Crippen LogP contribution is -2.29. The minimum atomic E-state index is -1.08. The summed E-state index contributed by atoms with van der Waals surface area (Å²) in [6, 6.07) is 8.36. The summed E-state index contributed by atoms with van der Waals surface area (Å²) < 4.78 is 28.3.